The molecule has 0 aromatic carbocycles. The molecule has 0 aromatic heterocycles. The first-order chi connectivity index (χ1) is 5.06. The Morgan fingerprint density at radius 2 is 2.18 bits per heavy atom. The number of hydrogen-bond donors (Lipinski definition) is 0. The fourth-order valence-electron chi connectivity index (χ4n) is 1.48. The van der Waals surface area contributed by atoms with Crippen LogP contribution in [0.5, 0.6) is 0 Å². The Labute approximate surface area is 78.3 Å². The predicted molar refractivity (Wildman–Crippen MR) is 53.2 cm³/mol. The lowest BCUT2D eigenvalue weighted by atomic mass is 9.88. The van der Waals surface area contributed by atoms with Crippen molar-refractivity contribution >= 4 is 15.9 Å². The van der Waals surface area contributed by atoms with E-state index < -0.39 is 0 Å². The number of alkyl halides is 1. The summed E-state index contributed by atoms with van der Waals surface area (Å²) >= 11 is 3.51. The van der Waals surface area contributed by atoms with Crippen molar-refractivity contribution in [3.05, 3.63) is 0 Å². The summed E-state index contributed by atoms with van der Waals surface area (Å²) in [5.41, 5.74) is 0.483. The number of halogens is 1. The molecule has 1 heterocycles. The van der Waals surface area contributed by atoms with E-state index in [4.69, 9.17) is 0 Å². The Hall–Kier alpha value is 0.440. The molecule has 0 amide bonds. The standard InChI is InChI=1S/C9H18BrN/c1-8(6-10)7-11-5-4-9(11,2)3/h8H,4-7H2,1-3H3. The van der Waals surface area contributed by atoms with Gasteiger partial charge in [-0.05, 0) is 26.2 Å². The number of rotatable bonds is 3. The topological polar surface area (TPSA) is 3.24 Å². The van der Waals surface area contributed by atoms with Crippen LogP contribution < -0.4 is 0 Å². The first kappa shape index (κ1) is 9.53. The highest BCUT2D eigenvalue weighted by Gasteiger charge is 2.35. The van der Waals surface area contributed by atoms with Crippen LogP contribution in [0, 0.1) is 5.92 Å². The minimum Gasteiger partial charge on any atom is -0.298 e. The summed E-state index contributed by atoms with van der Waals surface area (Å²) in [5, 5.41) is 1.12. The largest absolute Gasteiger partial charge is 0.298 e. The third kappa shape index (κ3) is 2.19. The molecule has 1 aliphatic rings. The zero-order valence-electron chi connectivity index (χ0n) is 7.73. The molecule has 0 radical (unpaired) electrons. The molecule has 1 atom stereocenters. The van der Waals surface area contributed by atoms with Crippen LogP contribution in [-0.2, 0) is 0 Å². The first-order valence-electron chi connectivity index (χ1n) is 4.37. The second-order valence-electron chi connectivity index (χ2n) is 4.27. The Morgan fingerprint density at radius 1 is 1.55 bits per heavy atom. The van der Waals surface area contributed by atoms with Crippen LogP contribution in [0.4, 0.5) is 0 Å². The summed E-state index contributed by atoms with van der Waals surface area (Å²) < 4.78 is 0. The fraction of sp³-hybridized carbons (Fsp3) is 1.00. The lowest BCUT2D eigenvalue weighted by Gasteiger charge is -2.49. The smallest absolute Gasteiger partial charge is 0.0165 e. The predicted octanol–water partition coefficient (Wildman–Crippen LogP) is 2.50. The zero-order chi connectivity index (χ0) is 8.48. The number of nitrogens with zero attached hydrogens (tertiary/aromatic N) is 1. The molecule has 0 bridgehead atoms. The molecular formula is C9H18BrN. The van der Waals surface area contributed by atoms with Crippen LogP contribution in [0.2, 0.25) is 0 Å². The average Bonchev–Trinajstić information content (AvgIpc) is 1.98. The third-order valence-electron chi connectivity index (χ3n) is 2.65. The van der Waals surface area contributed by atoms with Gasteiger partial charge in [-0.1, -0.05) is 22.9 Å². The van der Waals surface area contributed by atoms with Gasteiger partial charge in [-0.25, -0.2) is 0 Å². The highest BCUT2D eigenvalue weighted by Crippen LogP contribution is 2.30. The Balaban J connectivity index is 2.28. The summed E-state index contributed by atoms with van der Waals surface area (Å²) in [6.45, 7) is 9.50. The van der Waals surface area contributed by atoms with E-state index in [0.29, 0.717) is 5.54 Å². The number of likely N-dealkylation sites (tertiary alicyclic amines) is 1. The molecule has 1 fully saturated rings. The van der Waals surface area contributed by atoms with Gasteiger partial charge in [0.05, 0.1) is 0 Å². The van der Waals surface area contributed by atoms with Crippen LogP contribution in [0.3, 0.4) is 0 Å². The third-order valence-corrected chi connectivity index (χ3v) is 3.75. The van der Waals surface area contributed by atoms with Gasteiger partial charge in [-0.2, -0.15) is 0 Å². The fourth-order valence-corrected chi connectivity index (χ4v) is 1.69. The van der Waals surface area contributed by atoms with Gasteiger partial charge in [0.15, 0.2) is 0 Å². The van der Waals surface area contributed by atoms with Crippen molar-refractivity contribution in [1.82, 2.24) is 4.90 Å². The minimum atomic E-state index is 0.483. The highest BCUT2D eigenvalue weighted by atomic mass is 79.9. The van der Waals surface area contributed by atoms with E-state index >= 15 is 0 Å². The Bertz CT molecular complexity index is 134. The number of hydrogen-bond acceptors (Lipinski definition) is 1. The van der Waals surface area contributed by atoms with Crippen molar-refractivity contribution in [1.29, 1.82) is 0 Å². The second-order valence-corrected chi connectivity index (χ2v) is 4.92. The van der Waals surface area contributed by atoms with Crippen molar-refractivity contribution in [3.8, 4) is 0 Å². The molecule has 2 heteroatoms. The summed E-state index contributed by atoms with van der Waals surface area (Å²) in [6.07, 6.45) is 1.36. The van der Waals surface area contributed by atoms with Gasteiger partial charge in [0, 0.05) is 24.0 Å². The summed E-state index contributed by atoms with van der Waals surface area (Å²) in [7, 11) is 0. The molecule has 1 aliphatic heterocycles. The maximum absolute atomic E-state index is 3.51. The van der Waals surface area contributed by atoms with Crippen molar-refractivity contribution in [2.24, 2.45) is 5.92 Å². The molecule has 0 aromatic rings. The molecular weight excluding hydrogens is 202 g/mol. The van der Waals surface area contributed by atoms with Gasteiger partial charge in [0.25, 0.3) is 0 Å². The van der Waals surface area contributed by atoms with E-state index in [-0.39, 0.29) is 0 Å². The van der Waals surface area contributed by atoms with E-state index in [1.54, 1.807) is 0 Å². The molecule has 0 aliphatic carbocycles. The molecule has 0 saturated carbocycles. The second kappa shape index (κ2) is 3.44. The first-order valence-corrected chi connectivity index (χ1v) is 5.49. The lowest BCUT2D eigenvalue weighted by molar-refractivity contribution is 0.00662. The molecule has 11 heavy (non-hydrogen) atoms. The minimum absolute atomic E-state index is 0.483. The van der Waals surface area contributed by atoms with Gasteiger partial charge in [0.1, 0.15) is 0 Å². The SMILES string of the molecule is CC(CBr)CN1CCC1(C)C. The summed E-state index contributed by atoms with van der Waals surface area (Å²) in [5.74, 6) is 0.787. The molecule has 1 rings (SSSR count). The van der Waals surface area contributed by atoms with E-state index in [1.165, 1.54) is 19.5 Å². The molecule has 66 valence electrons. The van der Waals surface area contributed by atoms with E-state index in [2.05, 4.69) is 41.6 Å². The monoisotopic (exact) mass is 219 g/mol. The van der Waals surface area contributed by atoms with Crippen molar-refractivity contribution < 1.29 is 0 Å². The van der Waals surface area contributed by atoms with E-state index in [1.807, 2.05) is 0 Å². The van der Waals surface area contributed by atoms with E-state index in [9.17, 15) is 0 Å². The van der Waals surface area contributed by atoms with Gasteiger partial charge in [-0.3, -0.25) is 4.90 Å². The normalized spacial score (nSPS) is 26.2. The van der Waals surface area contributed by atoms with Crippen LogP contribution >= 0.6 is 15.9 Å². The Kier molecular flexibility index (Phi) is 2.98. The molecule has 1 saturated heterocycles. The van der Waals surface area contributed by atoms with Gasteiger partial charge >= 0.3 is 0 Å². The summed E-state index contributed by atoms with van der Waals surface area (Å²) in [6, 6.07) is 0. The maximum Gasteiger partial charge on any atom is 0.0165 e. The van der Waals surface area contributed by atoms with Crippen LogP contribution in [0.25, 0.3) is 0 Å². The van der Waals surface area contributed by atoms with Crippen molar-refractivity contribution in [2.75, 3.05) is 18.4 Å². The molecule has 1 unspecified atom stereocenters. The summed E-state index contributed by atoms with van der Waals surface area (Å²) in [4.78, 5) is 2.57. The highest BCUT2D eigenvalue weighted by molar-refractivity contribution is 9.09. The Morgan fingerprint density at radius 3 is 2.45 bits per heavy atom. The molecule has 1 nitrogen and oxygen atoms in total. The van der Waals surface area contributed by atoms with Gasteiger partial charge in [0.2, 0.25) is 0 Å². The van der Waals surface area contributed by atoms with Gasteiger partial charge < -0.3 is 0 Å². The molecule has 0 spiro atoms. The maximum atomic E-state index is 3.51. The van der Waals surface area contributed by atoms with Crippen LogP contribution in [0.15, 0.2) is 0 Å². The average molecular weight is 220 g/mol. The van der Waals surface area contributed by atoms with E-state index in [0.717, 1.165) is 11.2 Å². The van der Waals surface area contributed by atoms with Crippen molar-refractivity contribution in [2.45, 2.75) is 32.7 Å². The van der Waals surface area contributed by atoms with Crippen LogP contribution in [0.1, 0.15) is 27.2 Å². The lowest BCUT2D eigenvalue weighted by Crippen LogP contribution is -2.56. The van der Waals surface area contributed by atoms with Crippen molar-refractivity contribution in [3.63, 3.8) is 0 Å². The van der Waals surface area contributed by atoms with Crippen LogP contribution in [-0.4, -0.2) is 28.9 Å². The molecule has 0 N–H and O–H groups in total. The van der Waals surface area contributed by atoms with Gasteiger partial charge in [-0.15, -0.1) is 0 Å². The quantitative estimate of drug-likeness (QED) is 0.660. The zero-order valence-corrected chi connectivity index (χ0v) is 9.32.